The number of aromatic nitrogens is 1. The number of aryl methyl sites for hydroxylation is 1. The van der Waals surface area contributed by atoms with Gasteiger partial charge in [-0.25, -0.2) is 4.79 Å². The summed E-state index contributed by atoms with van der Waals surface area (Å²) in [6, 6.07) is 6.94. The zero-order chi connectivity index (χ0) is 22.4. The number of ether oxygens (including phenoxy) is 1. The van der Waals surface area contributed by atoms with E-state index in [1.165, 1.54) is 22.0 Å². The third kappa shape index (κ3) is 6.64. The van der Waals surface area contributed by atoms with Gasteiger partial charge in [0.15, 0.2) is 5.96 Å². The zero-order valence-corrected chi connectivity index (χ0v) is 19.5. The Labute approximate surface area is 185 Å². The minimum absolute atomic E-state index is 0.174. The van der Waals surface area contributed by atoms with Crippen LogP contribution in [0.15, 0.2) is 29.4 Å². The van der Waals surface area contributed by atoms with Crippen LogP contribution in [0.1, 0.15) is 57.6 Å². The lowest BCUT2D eigenvalue weighted by Gasteiger charge is -2.31. The maximum Gasteiger partial charge on any atom is 0.407 e. The number of nitrogens with zero attached hydrogens (tertiary/aromatic N) is 1. The molecule has 1 aromatic carbocycles. The fraction of sp³-hybridized carbons (Fsp3) is 0.583. The Morgan fingerprint density at radius 3 is 2.48 bits per heavy atom. The molecule has 7 nitrogen and oxygen atoms in total. The minimum atomic E-state index is -0.466. The summed E-state index contributed by atoms with van der Waals surface area (Å²) in [5.41, 5.74) is 3.34. The van der Waals surface area contributed by atoms with Crippen molar-refractivity contribution in [2.45, 2.75) is 77.5 Å². The van der Waals surface area contributed by atoms with Crippen LogP contribution in [0.2, 0.25) is 0 Å². The van der Waals surface area contributed by atoms with Crippen LogP contribution in [-0.2, 0) is 11.2 Å². The van der Waals surface area contributed by atoms with Crippen molar-refractivity contribution in [2.24, 2.45) is 4.99 Å². The second-order valence-electron chi connectivity index (χ2n) is 9.40. The highest BCUT2D eigenvalue weighted by molar-refractivity contribution is 5.86. The standard InChI is InChI=1S/C24H37N5O2/c1-16-7-6-8-20-17(15-27-21(16)20)13-14-26-22(25-5)28-18-9-11-19(12-10-18)29-23(30)31-24(2,3)4/h6-8,15,18-19,27H,9-14H2,1-5H3,(H,29,30)(H2,25,26,28). The molecule has 0 unspecified atom stereocenters. The summed E-state index contributed by atoms with van der Waals surface area (Å²) in [6.45, 7) is 8.59. The average Bonchev–Trinajstić information content (AvgIpc) is 3.11. The maximum atomic E-state index is 12.0. The number of amides is 1. The number of rotatable bonds is 5. The fourth-order valence-corrected chi connectivity index (χ4v) is 4.13. The van der Waals surface area contributed by atoms with Crippen molar-refractivity contribution in [1.29, 1.82) is 0 Å². The molecule has 0 bridgehead atoms. The van der Waals surface area contributed by atoms with Crippen LogP contribution in [0.4, 0.5) is 4.79 Å². The van der Waals surface area contributed by atoms with Crippen molar-refractivity contribution in [3.05, 3.63) is 35.5 Å². The van der Waals surface area contributed by atoms with Crippen molar-refractivity contribution < 1.29 is 9.53 Å². The topological polar surface area (TPSA) is 90.5 Å². The van der Waals surface area contributed by atoms with E-state index in [2.05, 4.69) is 57.2 Å². The van der Waals surface area contributed by atoms with E-state index < -0.39 is 5.60 Å². The molecule has 1 aliphatic rings. The Balaban J connectivity index is 1.41. The Kier molecular flexibility index (Phi) is 7.46. The van der Waals surface area contributed by atoms with Gasteiger partial charge in [0.25, 0.3) is 0 Å². The number of aliphatic imine (C=N–C) groups is 1. The summed E-state index contributed by atoms with van der Waals surface area (Å²) < 4.78 is 5.36. The zero-order valence-electron chi connectivity index (χ0n) is 19.5. The largest absolute Gasteiger partial charge is 0.444 e. The first kappa shape index (κ1) is 23.0. The Morgan fingerprint density at radius 2 is 1.84 bits per heavy atom. The SMILES string of the molecule is CN=C(NCCc1c[nH]c2c(C)cccc12)NC1CCC(NC(=O)OC(C)(C)C)CC1. The first-order valence-electron chi connectivity index (χ1n) is 11.3. The molecule has 1 aliphatic carbocycles. The van der Waals surface area contributed by atoms with Crippen molar-refractivity contribution in [2.75, 3.05) is 13.6 Å². The number of nitrogens with one attached hydrogen (secondary N) is 4. The van der Waals surface area contributed by atoms with Gasteiger partial charge in [-0.2, -0.15) is 0 Å². The third-order valence-corrected chi connectivity index (χ3v) is 5.71. The van der Waals surface area contributed by atoms with Crippen LogP contribution in [-0.4, -0.2) is 48.3 Å². The first-order valence-corrected chi connectivity index (χ1v) is 11.3. The van der Waals surface area contributed by atoms with Gasteiger partial charge in [0, 0.05) is 42.8 Å². The van der Waals surface area contributed by atoms with Gasteiger partial charge in [0.1, 0.15) is 5.60 Å². The molecule has 2 aromatic rings. The van der Waals surface area contributed by atoms with E-state index >= 15 is 0 Å². The molecule has 7 heteroatoms. The van der Waals surface area contributed by atoms with E-state index in [1.54, 1.807) is 7.05 Å². The molecule has 1 heterocycles. The molecule has 0 aliphatic heterocycles. The second-order valence-corrected chi connectivity index (χ2v) is 9.40. The predicted octanol–water partition coefficient (Wildman–Crippen LogP) is 4.02. The van der Waals surface area contributed by atoms with Gasteiger partial charge in [-0.15, -0.1) is 0 Å². The van der Waals surface area contributed by atoms with E-state index in [0.717, 1.165) is 44.6 Å². The van der Waals surface area contributed by atoms with Gasteiger partial charge >= 0.3 is 6.09 Å². The van der Waals surface area contributed by atoms with Gasteiger partial charge in [0.2, 0.25) is 0 Å². The van der Waals surface area contributed by atoms with Gasteiger partial charge in [-0.3, -0.25) is 4.99 Å². The van der Waals surface area contributed by atoms with Crippen molar-refractivity contribution in [1.82, 2.24) is 20.9 Å². The van der Waals surface area contributed by atoms with Gasteiger partial charge < -0.3 is 25.7 Å². The number of carbonyl (C=O) groups is 1. The van der Waals surface area contributed by atoms with Crippen LogP contribution >= 0.6 is 0 Å². The van der Waals surface area contributed by atoms with Gasteiger partial charge in [-0.1, -0.05) is 18.2 Å². The number of carbonyl (C=O) groups excluding carboxylic acids is 1. The smallest absolute Gasteiger partial charge is 0.407 e. The molecular weight excluding hydrogens is 390 g/mol. The second kappa shape index (κ2) is 10.1. The normalized spacial score (nSPS) is 19.8. The molecule has 4 N–H and O–H groups in total. The molecule has 1 fully saturated rings. The number of para-hydroxylation sites is 1. The average molecular weight is 428 g/mol. The number of hydrogen-bond acceptors (Lipinski definition) is 3. The van der Waals surface area contributed by atoms with Gasteiger partial charge in [0.05, 0.1) is 0 Å². The highest BCUT2D eigenvalue weighted by atomic mass is 16.6. The molecule has 3 rings (SSSR count). The Morgan fingerprint density at radius 1 is 1.16 bits per heavy atom. The highest BCUT2D eigenvalue weighted by Gasteiger charge is 2.25. The molecular formula is C24H37N5O2. The number of alkyl carbamates (subject to hydrolysis) is 1. The number of H-pyrrole nitrogens is 1. The summed E-state index contributed by atoms with van der Waals surface area (Å²) in [6.07, 6.45) is 6.55. The number of aromatic amines is 1. The quantitative estimate of drug-likeness (QED) is 0.428. The molecule has 31 heavy (non-hydrogen) atoms. The van der Waals surface area contributed by atoms with E-state index in [-0.39, 0.29) is 12.1 Å². The predicted molar refractivity (Wildman–Crippen MR) is 127 cm³/mol. The van der Waals surface area contributed by atoms with Crippen LogP contribution in [0.3, 0.4) is 0 Å². The molecule has 0 radical (unpaired) electrons. The van der Waals surface area contributed by atoms with Crippen LogP contribution in [0.25, 0.3) is 10.9 Å². The van der Waals surface area contributed by atoms with Crippen LogP contribution < -0.4 is 16.0 Å². The summed E-state index contributed by atoms with van der Waals surface area (Å²) in [7, 11) is 1.81. The third-order valence-electron chi connectivity index (χ3n) is 5.71. The summed E-state index contributed by atoms with van der Waals surface area (Å²) in [5.74, 6) is 0.833. The number of hydrogen-bond donors (Lipinski definition) is 4. The van der Waals surface area contributed by atoms with E-state index in [1.807, 2.05) is 20.8 Å². The number of benzene rings is 1. The number of fused-ring (bicyclic) bond motifs is 1. The first-order chi connectivity index (χ1) is 14.7. The van der Waals surface area contributed by atoms with Crippen molar-refractivity contribution >= 4 is 23.0 Å². The Hall–Kier alpha value is -2.70. The monoisotopic (exact) mass is 427 g/mol. The minimum Gasteiger partial charge on any atom is -0.444 e. The van der Waals surface area contributed by atoms with Crippen molar-refractivity contribution in [3.8, 4) is 0 Å². The van der Waals surface area contributed by atoms with Crippen LogP contribution in [0, 0.1) is 6.92 Å². The lowest BCUT2D eigenvalue weighted by Crippen LogP contribution is -2.48. The summed E-state index contributed by atoms with van der Waals surface area (Å²) >= 11 is 0. The van der Waals surface area contributed by atoms with E-state index in [9.17, 15) is 4.79 Å². The summed E-state index contributed by atoms with van der Waals surface area (Å²) in [4.78, 5) is 19.7. The molecule has 0 saturated heterocycles. The molecule has 0 spiro atoms. The van der Waals surface area contributed by atoms with Crippen molar-refractivity contribution in [3.63, 3.8) is 0 Å². The van der Waals surface area contributed by atoms with E-state index in [0.29, 0.717) is 6.04 Å². The lowest BCUT2D eigenvalue weighted by molar-refractivity contribution is 0.0490. The molecule has 1 saturated carbocycles. The Bertz CT molecular complexity index is 904. The molecule has 170 valence electrons. The summed E-state index contributed by atoms with van der Waals surface area (Å²) in [5, 5.41) is 11.3. The molecule has 0 atom stereocenters. The van der Waals surface area contributed by atoms with Gasteiger partial charge in [-0.05, 0) is 70.9 Å². The highest BCUT2D eigenvalue weighted by Crippen LogP contribution is 2.22. The lowest BCUT2D eigenvalue weighted by atomic mass is 9.91. The molecule has 1 amide bonds. The number of guanidine groups is 1. The molecule has 1 aromatic heterocycles. The fourth-order valence-electron chi connectivity index (χ4n) is 4.13. The maximum absolute atomic E-state index is 12.0. The van der Waals surface area contributed by atoms with Crippen LogP contribution in [0.5, 0.6) is 0 Å². The van der Waals surface area contributed by atoms with E-state index in [4.69, 9.17) is 4.74 Å².